The number of nitrogens with zero attached hydrogens (tertiary/aromatic N) is 1. The molecule has 0 radical (unpaired) electrons. The monoisotopic (exact) mass is 324 g/mol. The van der Waals surface area contributed by atoms with Crippen molar-refractivity contribution in [2.75, 3.05) is 19.0 Å². The number of ether oxygens (including phenoxy) is 1. The summed E-state index contributed by atoms with van der Waals surface area (Å²) in [6.45, 7) is 0.501. The molecule has 0 aromatic heterocycles. The molecule has 120 valence electrons. The molecule has 6 nitrogen and oxygen atoms in total. The summed E-state index contributed by atoms with van der Waals surface area (Å²) in [5, 5.41) is 6.39. The minimum Gasteiger partial charge on any atom is -0.495 e. The van der Waals surface area contributed by atoms with Crippen molar-refractivity contribution in [2.45, 2.75) is 31.7 Å². The second-order valence-corrected chi connectivity index (χ2v) is 5.59. The number of aliphatic imine (C=N–C) groups is 1. The molecule has 1 fully saturated rings. The number of carbonyl (C=O) groups is 1. The van der Waals surface area contributed by atoms with E-state index in [2.05, 4.69) is 15.6 Å². The summed E-state index contributed by atoms with van der Waals surface area (Å²) >= 11 is 6.03. The van der Waals surface area contributed by atoms with Crippen LogP contribution in [0.3, 0.4) is 0 Å². The van der Waals surface area contributed by atoms with Crippen molar-refractivity contribution < 1.29 is 9.53 Å². The van der Waals surface area contributed by atoms with Gasteiger partial charge < -0.3 is 21.1 Å². The van der Waals surface area contributed by atoms with Gasteiger partial charge in [0, 0.05) is 24.7 Å². The first-order chi connectivity index (χ1) is 10.6. The Kier molecular flexibility index (Phi) is 5.89. The molecular weight excluding hydrogens is 304 g/mol. The standard InChI is InChI=1S/C15H21ClN4O2/c1-22-13-7-6-11(9-12(13)16)20-15(17)18-8-2-3-14(21)19-10-4-5-10/h6-7,9-10H,2-5,8H2,1H3,(H,19,21)(H3,17,18,20). The normalized spacial score (nSPS) is 14.5. The molecule has 1 aromatic rings. The third-order valence-electron chi connectivity index (χ3n) is 3.21. The zero-order valence-electron chi connectivity index (χ0n) is 12.6. The Morgan fingerprint density at radius 1 is 1.50 bits per heavy atom. The SMILES string of the molecule is COc1ccc(NC(N)=NCCCC(=O)NC2CC2)cc1Cl. The van der Waals surface area contributed by atoms with Crippen LogP contribution < -0.4 is 21.1 Å². The maximum Gasteiger partial charge on any atom is 0.220 e. The zero-order chi connectivity index (χ0) is 15.9. The molecule has 7 heteroatoms. The summed E-state index contributed by atoms with van der Waals surface area (Å²) in [7, 11) is 1.56. The van der Waals surface area contributed by atoms with E-state index in [-0.39, 0.29) is 5.91 Å². The summed E-state index contributed by atoms with van der Waals surface area (Å²) in [5.74, 6) is 0.986. The number of halogens is 1. The van der Waals surface area contributed by atoms with E-state index in [1.807, 2.05) is 0 Å². The van der Waals surface area contributed by atoms with Gasteiger partial charge in [-0.1, -0.05) is 11.6 Å². The van der Waals surface area contributed by atoms with E-state index >= 15 is 0 Å². The molecule has 4 N–H and O–H groups in total. The molecule has 0 bridgehead atoms. The van der Waals surface area contributed by atoms with Gasteiger partial charge in [-0.05, 0) is 37.5 Å². The summed E-state index contributed by atoms with van der Waals surface area (Å²) in [6.07, 6.45) is 3.35. The first-order valence-corrected chi connectivity index (χ1v) is 7.66. The second kappa shape index (κ2) is 7.89. The molecular formula is C15H21ClN4O2. The van der Waals surface area contributed by atoms with Crippen LogP contribution in [0.5, 0.6) is 5.75 Å². The van der Waals surface area contributed by atoms with E-state index in [0.29, 0.717) is 42.2 Å². The smallest absolute Gasteiger partial charge is 0.220 e. The highest BCUT2D eigenvalue weighted by Crippen LogP contribution is 2.27. The lowest BCUT2D eigenvalue weighted by molar-refractivity contribution is -0.121. The van der Waals surface area contributed by atoms with Crippen LogP contribution in [0, 0.1) is 0 Å². The summed E-state index contributed by atoms with van der Waals surface area (Å²) in [4.78, 5) is 15.7. The fraction of sp³-hybridized carbons (Fsp3) is 0.467. The highest BCUT2D eigenvalue weighted by molar-refractivity contribution is 6.32. The Labute approximate surface area is 135 Å². The van der Waals surface area contributed by atoms with Crippen LogP contribution in [0.15, 0.2) is 23.2 Å². The molecule has 1 amide bonds. The molecule has 0 saturated heterocycles. The van der Waals surface area contributed by atoms with Crippen molar-refractivity contribution in [1.29, 1.82) is 0 Å². The molecule has 0 spiro atoms. The van der Waals surface area contributed by atoms with Crippen LogP contribution >= 0.6 is 11.6 Å². The first kappa shape index (κ1) is 16.4. The molecule has 22 heavy (non-hydrogen) atoms. The van der Waals surface area contributed by atoms with Gasteiger partial charge in [-0.2, -0.15) is 0 Å². The number of nitrogens with one attached hydrogen (secondary N) is 2. The molecule has 1 saturated carbocycles. The van der Waals surface area contributed by atoms with Gasteiger partial charge >= 0.3 is 0 Å². The largest absolute Gasteiger partial charge is 0.495 e. The van der Waals surface area contributed by atoms with E-state index in [4.69, 9.17) is 22.1 Å². The predicted molar refractivity (Wildman–Crippen MR) is 88.5 cm³/mol. The number of methoxy groups -OCH3 is 1. The molecule has 0 heterocycles. The van der Waals surface area contributed by atoms with Crippen LogP contribution in [0.4, 0.5) is 5.69 Å². The predicted octanol–water partition coefficient (Wildman–Crippen LogP) is 2.13. The van der Waals surface area contributed by atoms with Crippen molar-refractivity contribution in [3.63, 3.8) is 0 Å². The van der Waals surface area contributed by atoms with Crippen molar-refractivity contribution in [3.05, 3.63) is 23.2 Å². The van der Waals surface area contributed by atoms with Crippen LogP contribution in [0.2, 0.25) is 5.02 Å². The average molecular weight is 325 g/mol. The summed E-state index contributed by atoms with van der Waals surface area (Å²) in [5.41, 5.74) is 6.53. The number of anilines is 1. The Balaban J connectivity index is 1.72. The quantitative estimate of drug-likeness (QED) is 0.407. The fourth-order valence-corrected chi connectivity index (χ4v) is 2.16. The number of nitrogens with two attached hydrogens (primary N) is 1. The van der Waals surface area contributed by atoms with Crippen LogP contribution in [-0.2, 0) is 4.79 Å². The van der Waals surface area contributed by atoms with Crippen molar-refractivity contribution in [3.8, 4) is 5.75 Å². The average Bonchev–Trinajstić information content (AvgIpc) is 3.28. The Hall–Kier alpha value is -1.95. The van der Waals surface area contributed by atoms with Gasteiger partial charge in [0.2, 0.25) is 5.91 Å². The topological polar surface area (TPSA) is 88.7 Å². The lowest BCUT2D eigenvalue weighted by Gasteiger charge is -2.08. The number of carbonyl (C=O) groups excluding carboxylic acids is 1. The van der Waals surface area contributed by atoms with E-state index in [1.165, 1.54) is 0 Å². The van der Waals surface area contributed by atoms with E-state index < -0.39 is 0 Å². The first-order valence-electron chi connectivity index (χ1n) is 7.28. The van der Waals surface area contributed by atoms with Crippen molar-refractivity contribution in [1.82, 2.24) is 5.32 Å². The van der Waals surface area contributed by atoms with Gasteiger partial charge in [-0.3, -0.25) is 9.79 Å². The van der Waals surface area contributed by atoms with Gasteiger partial charge in [-0.15, -0.1) is 0 Å². The Bertz CT molecular complexity index is 558. The molecule has 0 unspecified atom stereocenters. The summed E-state index contributed by atoms with van der Waals surface area (Å²) in [6, 6.07) is 5.67. The Morgan fingerprint density at radius 2 is 2.27 bits per heavy atom. The number of hydrogen-bond acceptors (Lipinski definition) is 3. The van der Waals surface area contributed by atoms with Gasteiger partial charge in [0.15, 0.2) is 5.96 Å². The van der Waals surface area contributed by atoms with E-state index in [1.54, 1.807) is 25.3 Å². The third-order valence-corrected chi connectivity index (χ3v) is 3.51. The van der Waals surface area contributed by atoms with Gasteiger partial charge in [0.1, 0.15) is 5.75 Å². The number of benzene rings is 1. The van der Waals surface area contributed by atoms with Crippen LogP contribution in [0.25, 0.3) is 0 Å². The molecule has 1 aromatic carbocycles. The second-order valence-electron chi connectivity index (χ2n) is 5.19. The molecule has 2 rings (SSSR count). The molecule has 0 aliphatic heterocycles. The number of rotatable bonds is 7. The number of guanidine groups is 1. The highest BCUT2D eigenvalue weighted by Gasteiger charge is 2.22. The van der Waals surface area contributed by atoms with E-state index in [9.17, 15) is 4.79 Å². The molecule has 0 atom stereocenters. The van der Waals surface area contributed by atoms with E-state index in [0.717, 1.165) is 18.5 Å². The maximum absolute atomic E-state index is 11.5. The Morgan fingerprint density at radius 3 is 2.91 bits per heavy atom. The van der Waals surface area contributed by atoms with Crippen molar-refractivity contribution in [2.24, 2.45) is 10.7 Å². The zero-order valence-corrected chi connectivity index (χ0v) is 13.3. The summed E-state index contributed by atoms with van der Waals surface area (Å²) < 4.78 is 5.08. The molecule has 1 aliphatic rings. The maximum atomic E-state index is 11.5. The third kappa shape index (κ3) is 5.44. The fourth-order valence-electron chi connectivity index (χ4n) is 1.90. The van der Waals surface area contributed by atoms with Gasteiger partial charge in [-0.25, -0.2) is 0 Å². The lowest BCUT2D eigenvalue weighted by Crippen LogP contribution is -2.25. The van der Waals surface area contributed by atoms with Crippen LogP contribution in [0.1, 0.15) is 25.7 Å². The minimum atomic E-state index is 0.0890. The minimum absolute atomic E-state index is 0.0890. The highest BCUT2D eigenvalue weighted by atomic mass is 35.5. The van der Waals surface area contributed by atoms with Gasteiger partial charge in [0.25, 0.3) is 0 Å². The molecule has 1 aliphatic carbocycles. The lowest BCUT2D eigenvalue weighted by atomic mass is 10.3. The van der Waals surface area contributed by atoms with Crippen molar-refractivity contribution >= 4 is 29.2 Å². The van der Waals surface area contributed by atoms with Gasteiger partial charge in [0.05, 0.1) is 12.1 Å². The number of hydrogen-bond donors (Lipinski definition) is 3. The number of amides is 1. The van der Waals surface area contributed by atoms with Crippen LogP contribution in [-0.4, -0.2) is 31.6 Å².